The smallest absolute Gasteiger partial charge is 0.258 e. The molecule has 5 nitrogen and oxygen atoms in total. The van der Waals surface area contributed by atoms with Gasteiger partial charge in [-0.05, 0) is 6.07 Å². The van der Waals surface area contributed by atoms with Crippen LogP contribution in [-0.4, -0.2) is 15.9 Å². The summed E-state index contributed by atoms with van der Waals surface area (Å²) in [4.78, 5) is 28.7. The highest BCUT2D eigenvalue weighted by atomic mass is 32.1. The quantitative estimate of drug-likeness (QED) is 0.796. The summed E-state index contributed by atoms with van der Waals surface area (Å²) in [7, 11) is 0. The van der Waals surface area contributed by atoms with Crippen molar-refractivity contribution in [3.05, 3.63) is 45.8 Å². The molecule has 0 radical (unpaired) electrons. The minimum Gasteiger partial charge on any atom is -0.328 e. The molecule has 76 valence electrons. The minimum absolute atomic E-state index is 0.235. The van der Waals surface area contributed by atoms with Crippen LogP contribution >= 0.6 is 11.3 Å². The van der Waals surface area contributed by atoms with Gasteiger partial charge in [-0.2, -0.15) is 0 Å². The molecule has 6 heteroatoms. The lowest BCUT2D eigenvalue weighted by atomic mass is 10.3. The zero-order valence-corrected chi connectivity index (χ0v) is 8.38. The molecule has 0 aliphatic rings. The van der Waals surface area contributed by atoms with Gasteiger partial charge in [0.15, 0.2) is 5.13 Å². The molecule has 0 saturated heterocycles. The van der Waals surface area contributed by atoms with E-state index in [9.17, 15) is 9.59 Å². The summed E-state index contributed by atoms with van der Waals surface area (Å²) in [5, 5.41) is 4.90. The van der Waals surface area contributed by atoms with Crippen LogP contribution in [0.5, 0.6) is 0 Å². The minimum atomic E-state index is -0.291. The molecule has 2 aromatic heterocycles. The molecular weight excluding hydrogens is 214 g/mol. The number of hydrogen-bond acceptors (Lipinski definition) is 4. The average molecular weight is 221 g/mol. The molecule has 2 rings (SSSR count). The highest BCUT2D eigenvalue weighted by Gasteiger charge is 2.06. The van der Waals surface area contributed by atoms with E-state index < -0.39 is 0 Å². The number of anilines is 1. The van der Waals surface area contributed by atoms with Crippen LogP contribution in [0, 0.1) is 0 Å². The third-order valence-electron chi connectivity index (χ3n) is 1.70. The van der Waals surface area contributed by atoms with E-state index in [1.165, 1.54) is 29.7 Å². The Bertz CT molecular complexity index is 498. The van der Waals surface area contributed by atoms with Crippen molar-refractivity contribution in [3.63, 3.8) is 0 Å². The number of nitrogens with zero attached hydrogens (tertiary/aromatic N) is 1. The van der Waals surface area contributed by atoms with E-state index >= 15 is 0 Å². The van der Waals surface area contributed by atoms with Gasteiger partial charge in [0, 0.05) is 23.8 Å². The SMILES string of the molecule is O=C(Nc1nccs1)c1ccc(=O)[nH]c1. The van der Waals surface area contributed by atoms with Crippen LogP contribution in [-0.2, 0) is 0 Å². The maximum Gasteiger partial charge on any atom is 0.258 e. The van der Waals surface area contributed by atoms with Gasteiger partial charge in [-0.3, -0.25) is 14.9 Å². The Morgan fingerprint density at radius 1 is 1.47 bits per heavy atom. The van der Waals surface area contributed by atoms with E-state index in [4.69, 9.17) is 0 Å². The van der Waals surface area contributed by atoms with Crippen LogP contribution in [0.3, 0.4) is 0 Å². The van der Waals surface area contributed by atoms with Gasteiger partial charge in [0.25, 0.3) is 5.91 Å². The topological polar surface area (TPSA) is 74.8 Å². The Morgan fingerprint density at radius 3 is 2.93 bits per heavy atom. The monoisotopic (exact) mass is 221 g/mol. The molecule has 2 aromatic rings. The van der Waals surface area contributed by atoms with Gasteiger partial charge in [0.1, 0.15) is 0 Å². The van der Waals surface area contributed by atoms with Crippen LogP contribution in [0.1, 0.15) is 10.4 Å². The third kappa shape index (κ3) is 2.29. The van der Waals surface area contributed by atoms with Gasteiger partial charge in [-0.25, -0.2) is 4.98 Å². The van der Waals surface area contributed by atoms with E-state index in [1.807, 2.05) is 0 Å². The van der Waals surface area contributed by atoms with Gasteiger partial charge in [0.05, 0.1) is 5.56 Å². The maximum atomic E-state index is 11.6. The van der Waals surface area contributed by atoms with Crippen LogP contribution in [0.25, 0.3) is 0 Å². The molecule has 15 heavy (non-hydrogen) atoms. The van der Waals surface area contributed by atoms with Crippen LogP contribution < -0.4 is 10.9 Å². The van der Waals surface area contributed by atoms with Crippen molar-refractivity contribution < 1.29 is 4.79 Å². The lowest BCUT2D eigenvalue weighted by Gasteiger charge is -1.99. The van der Waals surface area contributed by atoms with Gasteiger partial charge >= 0.3 is 0 Å². The van der Waals surface area contributed by atoms with E-state index in [1.54, 1.807) is 11.6 Å². The molecule has 2 N–H and O–H groups in total. The number of hydrogen-bond donors (Lipinski definition) is 2. The Labute approximate surface area is 88.8 Å². The zero-order valence-electron chi connectivity index (χ0n) is 7.56. The summed E-state index contributed by atoms with van der Waals surface area (Å²) in [6, 6.07) is 2.76. The molecule has 0 fully saturated rings. The summed E-state index contributed by atoms with van der Waals surface area (Å²) in [5.74, 6) is -0.291. The summed E-state index contributed by atoms with van der Waals surface area (Å²) in [6.07, 6.45) is 2.97. The molecule has 0 aliphatic carbocycles. The first-order chi connectivity index (χ1) is 7.25. The largest absolute Gasteiger partial charge is 0.328 e. The molecule has 0 spiro atoms. The van der Waals surface area contributed by atoms with Gasteiger partial charge in [0.2, 0.25) is 5.56 Å². The van der Waals surface area contributed by atoms with Crippen molar-refractivity contribution in [2.75, 3.05) is 5.32 Å². The number of amides is 1. The standard InChI is InChI=1S/C9H7N3O2S/c13-7-2-1-6(5-11-7)8(14)12-9-10-3-4-15-9/h1-5H,(H,11,13)(H,10,12,14). The van der Waals surface area contributed by atoms with E-state index in [-0.39, 0.29) is 11.5 Å². The van der Waals surface area contributed by atoms with Crippen molar-refractivity contribution in [1.82, 2.24) is 9.97 Å². The van der Waals surface area contributed by atoms with Crippen LogP contribution in [0.2, 0.25) is 0 Å². The molecule has 2 heterocycles. The van der Waals surface area contributed by atoms with Crippen molar-refractivity contribution in [3.8, 4) is 0 Å². The van der Waals surface area contributed by atoms with Crippen LogP contribution in [0.4, 0.5) is 5.13 Å². The number of aromatic amines is 1. The molecule has 0 atom stereocenters. The van der Waals surface area contributed by atoms with Gasteiger partial charge in [-0.1, -0.05) is 0 Å². The van der Waals surface area contributed by atoms with Gasteiger partial charge in [-0.15, -0.1) is 11.3 Å². The third-order valence-corrected chi connectivity index (χ3v) is 2.39. The Kier molecular flexibility index (Phi) is 2.59. The fourth-order valence-electron chi connectivity index (χ4n) is 1.01. The zero-order chi connectivity index (χ0) is 10.7. The number of pyridine rings is 1. The number of rotatable bonds is 2. The molecule has 0 aliphatic heterocycles. The highest BCUT2D eigenvalue weighted by Crippen LogP contribution is 2.11. The number of carbonyl (C=O) groups excluding carboxylic acids is 1. The molecule has 0 saturated carbocycles. The number of aromatic nitrogens is 2. The van der Waals surface area contributed by atoms with Gasteiger partial charge < -0.3 is 4.98 Å². The number of H-pyrrole nitrogens is 1. The number of thiazole rings is 1. The summed E-state index contributed by atoms with van der Waals surface area (Å²) in [5.41, 5.74) is 0.158. The molecule has 0 bridgehead atoms. The molecule has 1 amide bonds. The second-order valence-electron chi connectivity index (χ2n) is 2.73. The Balaban J connectivity index is 2.15. The Hall–Kier alpha value is -1.95. The predicted molar refractivity (Wildman–Crippen MR) is 57.1 cm³/mol. The lowest BCUT2D eigenvalue weighted by Crippen LogP contribution is -2.14. The normalized spacial score (nSPS) is 9.87. The van der Waals surface area contributed by atoms with E-state index in [0.29, 0.717) is 10.7 Å². The van der Waals surface area contributed by atoms with Crippen molar-refractivity contribution in [1.29, 1.82) is 0 Å². The summed E-state index contributed by atoms with van der Waals surface area (Å²) in [6.45, 7) is 0. The summed E-state index contributed by atoms with van der Waals surface area (Å²) < 4.78 is 0. The molecule has 0 aromatic carbocycles. The molecule has 0 unspecified atom stereocenters. The fourth-order valence-corrected chi connectivity index (χ4v) is 1.53. The van der Waals surface area contributed by atoms with E-state index in [0.717, 1.165) is 0 Å². The van der Waals surface area contributed by atoms with Crippen molar-refractivity contribution in [2.45, 2.75) is 0 Å². The first kappa shape index (κ1) is 9.60. The highest BCUT2D eigenvalue weighted by molar-refractivity contribution is 7.13. The predicted octanol–water partition coefficient (Wildman–Crippen LogP) is 1.08. The summed E-state index contributed by atoms with van der Waals surface area (Å²) >= 11 is 1.33. The van der Waals surface area contributed by atoms with Crippen molar-refractivity contribution in [2.24, 2.45) is 0 Å². The van der Waals surface area contributed by atoms with Crippen LogP contribution in [0.15, 0.2) is 34.7 Å². The van der Waals surface area contributed by atoms with Crippen molar-refractivity contribution >= 4 is 22.4 Å². The van der Waals surface area contributed by atoms with E-state index in [2.05, 4.69) is 15.3 Å². The Morgan fingerprint density at radius 2 is 2.33 bits per heavy atom. The fraction of sp³-hybridized carbons (Fsp3) is 0. The second kappa shape index (κ2) is 4.05. The first-order valence-electron chi connectivity index (χ1n) is 4.15. The maximum absolute atomic E-state index is 11.6. The number of carbonyl (C=O) groups is 1. The first-order valence-corrected chi connectivity index (χ1v) is 5.03. The molecular formula is C9H7N3O2S. The average Bonchev–Trinajstić information content (AvgIpc) is 2.71. The number of nitrogens with one attached hydrogen (secondary N) is 2. The lowest BCUT2D eigenvalue weighted by molar-refractivity contribution is 0.102. The second-order valence-corrected chi connectivity index (χ2v) is 3.63.